The van der Waals surface area contributed by atoms with Gasteiger partial charge in [-0.1, -0.05) is 47.9 Å². The summed E-state index contributed by atoms with van der Waals surface area (Å²) in [6.45, 7) is 1.87. The second kappa shape index (κ2) is 6.71. The highest BCUT2D eigenvalue weighted by molar-refractivity contribution is 6.29. The van der Waals surface area contributed by atoms with Crippen LogP contribution in [0.25, 0.3) is 33.4 Å². The maximum Gasteiger partial charge on any atom is 0.192 e. The molecule has 3 aromatic heterocycles. The third kappa shape index (κ3) is 3.21. The number of halogens is 1. The number of benzene rings is 1. The van der Waals surface area contributed by atoms with Crippen molar-refractivity contribution in [3.8, 4) is 34.7 Å². The maximum absolute atomic E-state index is 12.5. The molecule has 4 rings (SSSR count). The molecule has 0 amide bonds. The Bertz CT molecular complexity index is 1250. The molecule has 0 aliphatic carbocycles. The van der Waals surface area contributed by atoms with E-state index in [9.17, 15) is 4.79 Å². The van der Waals surface area contributed by atoms with Crippen molar-refractivity contribution in [1.82, 2.24) is 15.0 Å². The van der Waals surface area contributed by atoms with E-state index in [0.29, 0.717) is 21.9 Å². The Balaban J connectivity index is 2.11. The number of aromatic amines is 1. The third-order valence-electron chi connectivity index (χ3n) is 4.25. The van der Waals surface area contributed by atoms with Crippen LogP contribution in [0.4, 0.5) is 0 Å². The van der Waals surface area contributed by atoms with Crippen LogP contribution in [-0.2, 0) is 0 Å². The molecule has 1 aromatic carbocycles. The molecule has 0 fully saturated rings. The van der Waals surface area contributed by atoms with Crippen LogP contribution in [0.2, 0.25) is 5.15 Å². The zero-order valence-corrected chi connectivity index (χ0v) is 15.2. The predicted molar refractivity (Wildman–Crippen MR) is 109 cm³/mol. The first-order valence-corrected chi connectivity index (χ1v) is 8.67. The Morgan fingerprint density at radius 3 is 2.52 bits per heavy atom. The Morgan fingerprint density at radius 1 is 1.04 bits per heavy atom. The van der Waals surface area contributed by atoms with E-state index in [2.05, 4.69) is 15.9 Å². The lowest BCUT2D eigenvalue weighted by atomic mass is 9.98. The van der Waals surface area contributed by atoms with Gasteiger partial charge in [-0.05, 0) is 30.7 Å². The van der Waals surface area contributed by atoms with Gasteiger partial charge in [0.2, 0.25) is 0 Å². The van der Waals surface area contributed by atoms with Gasteiger partial charge in [-0.3, -0.25) is 4.79 Å². The first-order chi connectivity index (χ1) is 13.0. The number of aromatic nitrogens is 3. The summed E-state index contributed by atoms with van der Waals surface area (Å²) in [4.78, 5) is 24.5. The molecule has 0 aliphatic rings. The highest BCUT2D eigenvalue weighted by Crippen LogP contribution is 2.33. The van der Waals surface area contributed by atoms with Crippen LogP contribution >= 0.6 is 11.6 Å². The fraction of sp³-hybridized carbons (Fsp3) is 0.0455. The number of pyridine rings is 3. The van der Waals surface area contributed by atoms with E-state index in [0.717, 1.165) is 28.1 Å². The van der Waals surface area contributed by atoms with E-state index < -0.39 is 0 Å². The summed E-state index contributed by atoms with van der Waals surface area (Å²) in [6, 6.07) is 16.7. The molecule has 1 N–H and O–H groups in total. The van der Waals surface area contributed by atoms with Crippen LogP contribution in [0.15, 0.2) is 59.4 Å². The van der Waals surface area contributed by atoms with E-state index in [4.69, 9.17) is 23.0 Å². The van der Waals surface area contributed by atoms with Gasteiger partial charge in [-0.15, -0.1) is 6.42 Å². The van der Waals surface area contributed by atoms with Crippen LogP contribution < -0.4 is 5.43 Å². The lowest BCUT2D eigenvalue weighted by Crippen LogP contribution is -2.06. The number of hydrogen-bond donors (Lipinski definition) is 1. The molecule has 4 nitrogen and oxygen atoms in total. The van der Waals surface area contributed by atoms with E-state index in [1.807, 2.05) is 49.4 Å². The largest absolute Gasteiger partial charge is 0.333 e. The number of aryl methyl sites for hydroxylation is 1. The Labute approximate surface area is 160 Å². The molecule has 0 saturated heterocycles. The molecule has 0 bridgehead atoms. The fourth-order valence-electron chi connectivity index (χ4n) is 3.07. The van der Waals surface area contributed by atoms with Gasteiger partial charge in [0.25, 0.3) is 0 Å². The smallest absolute Gasteiger partial charge is 0.192 e. The lowest BCUT2D eigenvalue weighted by molar-refractivity contribution is 1.20. The van der Waals surface area contributed by atoms with Crippen molar-refractivity contribution in [2.45, 2.75) is 6.92 Å². The molecular formula is C22H14ClN3O. The average molecular weight is 372 g/mol. The zero-order valence-electron chi connectivity index (χ0n) is 14.5. The number of H-pyrrole nitrogens is 1. The molecule has 0 radical (unpaired) electrons. The average Bonchev–Trinajstić information content (AvgIpc) is 2.67. The summed E-state index contributed by atoms with van der Waals surface area (Å²) >= 11 is 6.17. The summed E-state index contributed by atoms with van der Waals surface area (Å²) in [7, 11) is 0. The molecule has 0 atom stereocenters. The van der Waals surface area contributed by atoms with Gasteiger partial charge in [-0.2, -0.15) is 0 Å². The van der Waals surface area contributed by atoms with Crippen LogP contribution in [0, 0.1) is 19.3 Å². The summed E-state index contributed by atoms with van der Waals surface area (Å²) in [5.74, 6) is 2.46. The van der Waals surface area contributed by atoms with Gasteiger partial charge in [0, 0.05) is 22.9 Å². The molecule has 0 unspecified atom stereocenters. The summed E-state index contributed by atoms with van der Waals surface area (Å²) < 4.78 is 0. The van der Waals surface area contributed by atoms with Gasteiger partial charge < -0.3 is 4.98 Å². The fourth-order valence-corrected chi connectivity index (χ4v) is 3.32. The van der Waals surface area contributed by atoms with Gasteiger partial charge in [0.15, 0.2) is 5.43 Å². The molecule has 4 aromatic rings. The minimum atomic E-state index is -0.179. The minimum absolute atomic E-state index is 0.179. The molecule has 3 heterocycles. The van der Waals surface area contributed by atoms with Crippen molar-refractivity contribution >= 4 is 22.6 Å². The molecule has 5 heteroatoms. The minimum Gasteiger partial charge on any atom is -0.333 e. The molecule has 130 valence electrons. The van der Waals surface area contributed by atoms with Gasteiger partial charge in [0.05, 0.1) is 16.8 Å². The van der Waals surface area contributed by atoms with Crippen LogP contribution in [0.5, 0.6) is 0 Å². The molecule has 27 heavy (non-hydrogen) atoms. The SMILES string of the molecule is C#Cc1cc(=O)c2cc(-c3cc(C)nc(Cl)c3)c(-c3ccccc3)nc2[nH]1. The monoisotopic (exact) mass is 371 g/mol. The Hall–Kier alpha value is -3.42. The van der Waals surface area contributed by atoms with Crippen LogP contribution in [-0.4, -0.2) is 15.0 Å². The second-order valence-corrected chi connectivity index (χ2v) is 6.55. The lowest BCUT2D eigenvalue weighted by Gasteiger charge is -2.12. The van der Waals surface area contributed by atoms with E-state index >= 15 is 0 Å². The van der Waals surface area contributed by atoms with E-state index in [1.54, 1.807) is 6.07 Å². The van der Waals surface area contributed by atoms with Gasteiger partial charge in [0.1, 0.15) is 10.8 Å². The quantitative estimate of drug-likeness (QED) is 0.414. The number of fused-ring (bicyclic) bond motifs is 1. The summed E-state index contributed by atoms with van der Waals surface area (Å²) in [6.07, 6.45) is 5.44. The van der Waals surface area contributed by atoms with Gasteiger partial charge >= 0.3 is 0 Å². The standard InChI is InChI=1S/C22H14ClN3O/c1-3-16-11-19(27)18-12-17(15-9-13(2)24-20(23)10-15)21(26-22(18)25-16)14-7-5-4-6-8-14/h1,4-12H,2H3,(H,25,26,27). The first-order valence-electron chi connectivity index (χ1n) is 8.30. The number of rotatable bonds is 2. The zero-order chi connectivity index (χ0) is 19.0. The normalized spacial score (nSPS) is 10.7. The van der Waals surface area contributed by atoms with Crippen LogP contribution in [0.3, 0.4) is 0 Å². The van der Waals surface area contributed by atoms with Crippen molar-refractivity contribution in [3.63, 3.8) is 0 Å². The van der Waals surface area contributed by atoms with Crippen LogP contribution in [0.1, 0.15) is 11.4 Å². The third-order valence-corrected chi connectivity index (χ3v) is 4.45. The van der Waals surface area contributed by atoms with Crippen molar-refractivity contribution < 1.29 is 0 Å². The van der Waals surface area contributed by atoms with Gasteiger partial charge in [-0.25, -0.2) is 9.97 Å². The predicted octanol–water partition coefficient (Wildman–Crippen LogP) is 4.60. The molecule has 0 aliphatic heterocycles. The van der Waals surface area contributed by atoms with E-state index in [1.165, 1.54) is 6.07 Å². The van der Waals surface area contributed by atoms with Crippen molar-refractivity contribution in [3.05, 3.63) is 81.4 Å². The maximum atomic E-state index is 12.5. The Kier molecular flexibility index (Phi) is 4.23. The second-order valence-electron chi connectivity index (χ2n) is 6.16. The number of hydrogen-bond acceptors (Lipinski definition) is 3. The molecule has 0 spiro atoms. The number of nitrogens with zero attached hydrogens (tertiary/aromatic N) is 2. The molecular weight excluding hydrogens is 358 g/mol. The number of terminal acetylenes is 1. The topological polar surface area (TPSA) is 58.6 Å². The first kappa shape index (κ1) is 17.0. The van der Waals surface area contributed by atoms with Crippen molar-refractivity contribution in [2.75, 3.05) is 0 Å². The number of nitrogens with one attached hydrogen (secondary N) is 1. The van der Waals surface area contributed by atoms with Crippen molar-refractivity contribution in [2.24, 2.45) is 0 Å². The highest BCUT2D eigenvalue weighted by atomic mass is 35.5. The molecule has 0 saturated carbocycles. The summed E-state index contributed by atoms with van der Waals surface area (Å²) in [5, 5.41) is 0.856. The summed E-state index contributed by atoms with van der Waals surface area (Å²) in [5.41, 5.74) is 4.77. The highest BCUT2D eigenvalue weighted by Gasteiger charge is 2.14. The Morgan fingerprint density at radius 2 is 1.81 bits per heavy atom. The van der Waals surface area contributed by atoms with Crippen molar-refractivity contribution in [1.29, 1.82) is 0 Å². The van der Waals surface area contributed by atoms with E-state index in [-0.39, 0.29) is 5.43 Å².